The van der Waals surface area contributed by atoms with Crippen LogP contribution in [0.15, 0.2) is 48.5 Å². The molecule has 2 amide bonds. The van der Waals surface area contributed by atoms with Gasteiger partial charge in [0.25, 0.3) is 0 Å². The molecule has 0 saturated heterocycles. The first-order valence-corrected chi connectivity index (χ1v) is 11.0. The highest BCUT2D eigenvalue weighted by molar-refractivity contribution is 5.89. The quantitative estimate of drug-likeness (QED) is 0.550. The van der Waals surface area contributed by atoms with Crippen molar-refractivity contribution in [3.8, 4) is 11.1 Å². The van der Waals surface area contributed by atoms with Crippen molar-refractivity contribution in [1.29, 1.82) is 0 Å². The summed E-state index contributed by atoms with van der Waals surface area (Å²) in [6.07, 6.45) is 0.209. The van der Waals surface area contributed by atoms with Crippen molar-refractivity contribution in [2.45, 2.75) is 51.6 Å². The Kier molecular flexibility index (Phi) is 7.51. The molecule has 1 aliphatic rings. The Labute approximate surface area is 188 Å². The fourth-order valence-electron chi connectivity index (χ4n) is 4.07. The summed E-state index contributed by atoms with van der Waals surface area (Å²) in [4.78, 5) is 36.6. The molecule has 0 fully saturated rings. The molecule has 32 heavy (non-hydrogen) atoms. The van der Waals surface area contributed by atoms with Crippen LogP contribution in [0.4, 0.5) is 4.79 Å². The van der Waals surface area contributed by atoms with Gasteiger partial charge in [0.1, 0.15) is 18.7 Å². The highest BCUT2D eigenvalue weighted by Crippen LogP contribution is 2.44. The molecule has 0 heterocycles. The maximum atomic E-state index is 12.6. The van der Waals surface area contributed by atoms with Gasteiger partial charge in [-0.2, -0.15) is 0 Å². The van der Waals surface area contributed by atoms with Gasteiger partial charge in [-0.05, 0) is 34.6 Å². The van der Waals surface area contributed by atoms with E-state index in [-0.39, 0.29) is 18.4 Å². The molecule has 3 rings (SSSR count). The lowest BCUT2D eigenvalue weighted by Crippen LogP contribution is -2.53. The van der Waals surface area contributed by atoms with E-state index >= 15 is 0 Å². The number of benzene rings is 2. The minimum absolute atomic E-state index is 0.0798. The van der Waals surface area contributed by atoms with Crippen molar-refractivity contribution in [3.05, 3.63) is 59.7 Å². The van der Waals surface area contributed by atoms with E-state index in [0.29, 0.717) is 12.8 Å². The molecule has 0 bridgehead atoms. The molecular weight excluding hydrogens is 408 g/mol. The highest BCUT2D eigenvalue weighted by Gasteiger charge is 2.31. The zero-order valence-corrected chi connectivity index (χ0v) is 18.6. The molecule has 3 atom stereocenters. The van der Waals surface area contributed by atoms with E-state index in [1.165, 1.54) is 0 Å². The molecule has 0 unspecified atom stereocenters. The second-order valence-corrected chi connectivity index (χ2v) is 8.14. The van der Waals surface area contributed by atoms with Gasteiger partial charge in [-0.25, -0.2) is 9.59 Å². The first-order valence-electron chi connectivity index (χ1n) is 11.0. The van der Waals surface area contributed by atoms with Crippen LogP contribution >= 0.6 is 0 Å². The van der Waals surface area contributed by atoms with Crippen LogP contribution < -0.4 is 10.6 Å². The summed E-state index contributed by atoms with van der Waals surface area (Å²) in [5.41, 5.74) is 4.47. The Morgan fingerprint density at radius 2 is 1.50 bits per heavy atom. The molecule has 7 nitrogen and oxygen atoms in total. The minimum Gasteiger partial charge on any atom is -0.480 e. The summed E-state index contributed by atoms with van der Waals surface area (Å²) < 4.78 is 5.50. The fraction of sp³-hybridized carbons (Fsp3) is 0.400. The van der Waals surface area contributed by atoms with Gasteiger partial charge in [0.2, 0.25) is 5.91 Å². The predicted molar refractivity (Wildman–Crippen MR) is 121 cm³/mol. The Balaban J connectivity index is 1.63. The summed E-state index contributed by atoms with van der Waals surface area (Å²) in [6.45, 7) is 5.51. The zero-order chi connectivity index (χ0) is 23.3. The van der Waals surface area contributed by atoms with Crippen LogP contribution in [-0.4, -0.2) is 41.8 Å². The van der Waals surface area contributed by atoms with E-state index in [9.17, 15) is 19.5 Å². The van der Waals surface area contributed by atoms with E-state index in [1.807, 2.05) is 43.3 Å². The first kappa shape index (κ1) is 23.3. The standard InChI is InChI=1S/C25H30N2O5/c1-4-15(3)22(24(29)30)27-23(28)21(5-2)26-25(31)32-14-20-18-12-8-6-10-16(18)17-11-7-9-13-19(17)20/h6-13,15,20-22H,4-5,14H2,1-3H3,(H,26,31)(H,27,28)(H,29,30)/t15-,21+,22-/m0/s1. The summed E-state index contributed by atoms with van der Waals surface area (Å²) in [6, 6.07) is 14.2. The van der Waals surface area contributed by atoms with Gasteiger partial charge in [-0.3, -0.25) is 4.79 Å². The number of ether oxygens (including phenoxy) is 1. The molecule has 1 aliphatic carbocycles. The van der Waals surface area contributed by atoms with Gasteiger partial charge in [-0.15, -0.1) is 0 Å². The highest BCUT2D eigenvalue weighted by atomic mass is 16.5. The Morgan fingerprint density at radius 3 is 2.00 bits per heavy atom. The molecule has 2 aromatic rings. The number of amides is 2. The monoisotopic (exact) mass is 438 g/mol. The molecule has 0 spiro atoms. The number of hydrogen-bond donors (Lipinski definition) is 3. The topological polar surface area (TPSA) is 105 Å². The van der Waals surface area contributed by atoms with Crippen LogP contribution in [0.25, 0.3) is 11.1 Å². The fourth-order valence-corrected chi connectivity index (χ4v) is 4.07. The number of carbonyl (C=O) groups excluding carboxylic acids is 2. The summed E-state index contributed by atoms with van der Waals surface area (Å²) in [7, 11) is 0. The van der Waals surface area contributed by atoms with E-state index in [0.717, 1.165) is 22.3 Å². The largest absolute Gasteiger partial charge is 0.480 e. The Hall–Kier alpha value is -3.35. The van der Waals surface area contributed by atoms with Crippen LogP contribution in [0.3, 0.4) is 0 Å². The van der Waals surface area contributed by atoms with Gasteiger partial charge in [-0.1, -0.05) is 75.7 Å². The normalized spacial score (nSPS) is 15.1. The molecule has 3 N–H and O–H groups in total. The van der Waals surface area contributed by atoms with E-state index in [2.05, 4.69) is 22.8 Å². The van der Waals surface area contributed by atoms with E-state index in [4.69, 9.17) is 4.74 Å². The van der Waals surface area contributed by atoms with Crippen molar-refractivity contribution in [2.24, 2.45) is 5.92 Å². The van der Waals surface area contributed by atoms with Gasteiger partial charge in [0, 0.05) is 5.92 Å². The maximum absolute atomic E-state index is 12.6. The summed E-state index contributed by atoms with van der Waals surface area (Å²) >= 11 is 0. The van der Waals surface area contributed by atoms with Gasteiger partial charge in [0.15, 0.2) is 0 Å². The number of rotatable bonds is 9. The lowest BCUT2D eigenvalue weighted by molar-refractivity contribution is -0.143. The number of alkyl carbamates (subject to hydrolysis) is 1. The molecule has 0 aromatic heterocycles. The number of carboxylic acid groups (broad SMARTS) is 1. The molecule has 170 valence electrons. The van der Waals surface area contributed by atoms with E-state index in [1.54, 1.807) is 13.8 Å². The Morgan fingerprint density at radius 1 is 0.938 bits per heavy atom. The van der Waals surface area contributed by atoms with Crippen LogP contribution in [0.5, 0.6) is 0 Å². The third kappa shape index (κ3) is 4.93. The lowest BCUT2D eigenvalue weighted by atomic mass is 9.98. The van der Waals surface area contributed by atoms with Crippen molar-refractivity contribution >= 4 is 18.0 Å². The van der Waals surface area contributed by atoms with E-state index < -0.39 is 30.1 Å². The third-order valence-corrected chi connectivity index (χ3v) is 6.14. The van der Waals surface area contributed by atoms with Gasteiger partial charge in [0.05, 0.1) is 0 Å². The molecule has 0 radical (unpaired) electrons. The first-order chi connectivity index (χ1) is 15.4. The predicted octanol–water partition coefficient (Wildman–Crippen LogP) is 3.92. The third-order valence-electron chi connectivity index (χ3n) is 6.14. The van der Waals surface area contributed by atoms with Gasteiger partial charge >= 0.3 is 12.1 Å². The number of carboxylic acids is 1. The number of aliphatic carboxylic acids is 1. The molecule has 0 aliphatic heterocycles. The molecule has 7 heteroatoms. The molecule has 2 aromatic carbocycles. The second kappa shape index (κ2) is 10.3. The smallest absolute Gasteiger partial charge is 0.407 e. The molecule has 0 saturated carbocycles. The summed E-state index contributed by atoms with van der Waals surface area (Å²) in [5.74, 6) is -1.94. The van der Waals surface area contributed by atoms with Crippen molar-refractivity contribution in [2.75, 3.05) is 6.61 Å². The van der Waals surface area contributed by atoms with Crippen LogP contribution in [-0.2, 0) is 14.3 Å². The Bertz CT molecular complexity index is 944. The molecular formula is C25H30N2O5. The van der Waals surface area contributed by atoms with Gasteiger partial charge < -0.3 is 20.5 Å². The summed E-state index contributed by atoms with van der Waals surface area (Å²) in [5, 5.41) is 14.5. The number of carbonyl (C=O) groups is 3. The average molecular weight is 439 g/mol. The number of nitrogens with one attached hydrogen (secondary N) is 2. The van der Waals surface area contributed by atoms with Crippen LogP contribution in [0.1, 0.15) is 50.7 Å². The van der Waals surface area contributed by atoms with Crippen molar-refractivity contribution < 1.29 is 24.2 Å². The maximum Gasteiger partial charge on any atom is 0.407 e. The zero-order valence-electron chi connectivity index (χ0n) is 18.6. The SMILES string of the molecule is CC[C@@H](NC(=O)OCC1c2ccccc2-c2ccccc21)C(=O)N[C@H](C(=O)O)[C@@H](C)CC. The average Bonchev–Trinajstić information content (AvgIpc) is 3.12. The lowest BCUT2D eigenvalue weighted by Gasteiger charge is -2.24. The number of hydrogen-bond acceptors (Lipinski definition) is 4. The second-order valence-electron chi connectivity index (χ2n) is 8.14. The van der Waals surface area contributed by atoms with Crippen molar-refractivity contribution in [1.82, 2.24) is 10.6 Å². The minimum atomic E-state index is -1.09. The van der Waals surface area contributed by atoms with Crippen LogP contribution in [0, 0.1) is 5.92 Å². The van der Waals surface area contributed by atoms with Crippen molar-refractivity contribution in [3.63, 3.8) is 0 Å². The number of fused-ring (bicyclic) bond motifs is 3. The van der Waals surface area contributed by atoms with Crippen LogP contribution in [0.2, 0.25) is 0 Å².